The summed E-state index contributed by atoms with van der Waals surface area (Å²) in [5.74, 6) is -9.08. The lowest BCUT2D eigenvalue weighted by Crippen LogP contribution is -2.17. The minimum Gasteiger partial charge on any atom is -0.496 e. The number of aromatic nitrogens is 2. The molecule has 7 rings (SSSR count). The maximum Gasteiger partial charge on any atom is 0.200 e. The first kappa shape index (κ1) is 32.2. The highest BCUT2D eigenvalue weighted by Crippen LogP contribution is 2.44. The number of ether oxygens (including phenoxy) is 1. The first-order valence-corrected chi connectivity index (χ1v) is 17.2. The van der Waals surface area contributed by atoms with Gasteiger partial charge in [-0.15, -0.1) is 0 Å². The molecule has 0 bridgehead atoms. The van der Waals surface area contributed by atoms with Gasteiger partial charge in [0.2, 0.25) is 5.82 Å². The topological polar surface area (TPSA) is 27.1 Å². The van der Waals surface area contributed by atoms with E-state index in [1.54, 1.807) is 11.7 Å². The van der Waals surface area contributed by atoms with Gasteiger partial charge in [-0.05, 0) is 42.7 Å². The molecule has 0 amide bonds. The molecule has 0 spiro atoms. The molecule has 0 saturated heterocycles. The Balaban J connectivity index is 1.64. The van der Waals surface area contributed by atoms with Crippen molar-refractivity contribution in [2.75, 3.05) is 13.8 Å². The van der Waals surface area contributed by atoms with Crippen LogP contribution in [0, 0.1) is 29.1 Å². The molecule has 0 saturated carbocycles. The van der Waals surface area contributed by atoms with Gasteiger partial charge >= 0.3 is 0 Å². The third-order valence-electron chi connectivity index (χ3n) is 8.63. The fraction of sp³-hybridized carbons (Fsp3) is 0.0750. The predicted molar refractivity (Wildman–Crippen MR) is 186 cm³/mol. The van der Waals surface area contributed by atoms with Crippen LogP contribution < -0.4 is 15.3 Å². The van der Waals surface area contributed by atoms with E-state index in [9.17, 15) is 13.2 Å². The summed E-state index contributed by atoms with van der Waals surface area (Å²) in [7, 11) is 0.552. The quantitative estimate of drug-likeness (QED) is 0.0693. The van der Waals surface area contributed by atoms with E-state index in [0.717, 1.165) is 21.4 Å². The Bertz CT molecular complexity index is 2280. The molecule has 49 heavy (non-hydrogen) atoms. The molecule has 7 aromatic rings. The predicted octanol–water partition coefficient (Wildman–Crippen LogP) is 9.85. The highest BCUT2D eigenvalue weighted by atomic mass is 31.1. The number of hydrogen-bond acceptors (Lipinski definition) is 2. The number of methoxy groups -OCH3 is 1. The van der Waals surface area contributed by atoms with E-state index in [-0.39, 0.29) is 0 Å². The molecule has 0 N–H and O–H groups in total. The normalized spacial score (nSPS) is 12.0. The van der Waals surface area contributed by atoms with E-state index in [1.165, 1.54) is 0 Å². The largest absolute Gasteiger partial charge is 0.496 e. The summed E-state index contributed by atoms with van der Waals surface area (Å²) in [6.45, 7) is 1.42. The molecular weight excluding hydrogens is 650 g/mol. The van der Waals surface area contributed by atoms with Crippen LogP contribution in [0.4, 0.5) is 22.0 Å². The molecular formula is C40H28F5N2OP. The zero-order chi connectivity index (χ0) is 34.2. The molecule has 0 fully saturated rings. The molecule has 9 heteroatoms. The first-order valence-electron chi connectivity index (χ1n) is 15.4. The van der Waals surface area contributed by atoms with E-state index in [1.807, 2.05) is 121 Å². The maximum absolute atomic E-state index is 15.5. The summed E-state index contributed by atoms with van der Waals surface area (Å²) >= 11 is 0. The molecule has 3 nitrogen and oxygen atoms in total. The Hall–Kier alpha value is -5.33. The van der Waals surface area contributed by atoms with Crippen LogP contribution >= 0.6 is 7.92 Å². The second-order valence-corrected chi connectivity index (χ2v) is 13.5. The lowest BCUT2D eigenvalue weighted by Gasteiger charge is -2.22. The summed E-state index contributed by atoms with van der Waals surface area (Å²) in [4.78, 5) is 5.21. The van der Waals surface area contributed by atoms with Crippen LogP contribution in [0.2, 0.25) is 0 Å². The molecule has 1 atom stereocenters. The average molecular weight is 679 g/mol. The average Bonchev–Trinajstić information content (AvgIpc) is 3.53. The Morgan fingerprint density at radius 1 is 0.612 bits per heavy atom. The first-order chi connectivity index (χ1) is 23.8. The third kappa shape index (κ3) is 5.66. The van der Waals surface area contributed by atoms with Crippen LogP contribution in [0.3, 0.4) is 0 Å². The smallest absolute Gasteiger partial charge is 0.200 e. The Kier molecular flexibility index (Phi) is 8.74. The minimum absolute atomic E-state index is 0.306. The Labute approximate surface area is 281 Å². The lowest BCUT2D eigenvalue weighted by atomic mass is 10.0. The summed E-state index contributed by atoms with van der Waals surface area (Å²) in [5, 5.41) is 3.51. The van der Waals surface area contributed by atoms with Gasteiger partial charge in [0.25, 0.3) is 0 Å². The van der Waals surface area contributed by atoms with Crippen molar-refractivity contribution in [3.8, 4) is 39.7 Å². The number of imidazole rings is 1. The molecule has 1 aromatic heterocycles. The molecule has 0 aliphatic rings. The van der Waals surface area contributed by atoms with Crippen LogP contribution in [0.25, 0.3) is 44.7 Å². The molecule has 0 aliphatic carbocycles. The van der Waals surface area contributed by atoms with Crippen molar-refractivity contribution in [2.24, 2.45) is 0 Å². The molecule has 1 unspecified atom stereocenters. The van der Waals surface area contributed by atoms with Gasteiger partial charge in [-0.2, -0.15) is 0 Å². The van der Waals surface area contributed by atoms with Crippen LogP contribution in [0.5, 0.6) is 5.75 Å². The monoisotopic (exact) mass is 678 g/mol. The lowest BCUT2D eigenvalue weighted by molar-refractivity contribution is 0.368. The number of hydrogen-bond donors (Lipinski definition) is 0. The number of nitrogens with zero attached hydrogens (tertiary/aromatic N) is 2. The summed E-state index contributed by atoms with van der Waals surface area (Å²) < 4.78 is 81.9. The van der Waals surface area contributed by atoms with Gasteiger partial charge in [0.05, 0.1) is 25.0 Å². The van der Waals surface area contributed by atoms with Crippen molar-refractivity contribution in [3.63, 3.8) is 0 Å². The molecule has 1 heterocycles. The highest BCUT2D eigenvalue weighted by Gasteiger charge is 2.31. The summed E-state index contributed by atoms with van der Waals surface area (Å²) in [5.41, 5.74) is 1.99. The fourth-order valence-electron chi connectivity index (χ4n) is 6.23. The summed E-state index contributed by atoms with van der Waals surface area (Å²) in [6, 6.07) is 37.9. The van der Waals surface area contributed by atoms with Crippen LogP contribution in [0.15, 0.2) is 121 Å². The second-order valence-electron chi connectivity index (χ2n) is 11.4. The molecule has 244 valence electrons. The van der Waals surface area contributed by atoms with Gasteiger partial charge in [0, 0.05) is 27.6 Å². The number of benzene rings is 6. The summed E-state index contributed by atoms with van der Waals surface area (Å²) in [6.07, 6.45) is 0. The second kappa shape index (κ2) is 13.3. The van der Waals surface area contributed by atoms with Gasteiger partial charge in [-0.1, -0.05) is 109 Å². The third-order valence-corrected chi connectivity index (χ3v) is 10.8. The Morgan fingerprint density at radius 3 is 1.80 bits per heavy atom. The van der Waals surface area contributed by atoms with Crippen molar-refractivity contribution in [1.82, 2.24) is 9.55 Å². The number of fused-ring (bicyclic) bond motifs is 1. The van der Waals surface area contributed by atoms with Gasteiger partial charge in [-0.3, -0.25) is 0 Å². The van der Waals surface area contributed by atoms with Gasteiger partial charge in [0.15, 0.2) is 23.3 Å². The highest BCUT2D eigenvalue weighted by molar-refractivity contribution is 7.72. The van der Waals surface area contributed by atoms with Crippen molar-refractivity contribution in [2.45, 2.75) is 6.54 Å². The van der Waals surface area contributed by atoms with Crippen molar-refractivity contribution in [1.29, 1.82) is 0 Å². The van der Waals surface area contributed by atoms with E-state index < -0.39 is 49.1 Å². The molecule has 0 radical (unpaired) electrons. The van der Waals surface area contributed by atoms with E-state index in [0.29, 0.717) is 39.7 Å². The van der Waals surface area contributed by atoms with Gasteiger partial charge in [-0.25, -0.2) is 26.9 Å². The molecule has 0 aliphatic heterocycles. The van der Waals surface area contributed by atoms with Crippen LogP contribution in [0.1, 0.15) is 5.56 Å². The molecule has 6 aromatic carbocycles. The Morgan fingerprint density at radius 2 is 1.18 bits per heavy atom. The van der Waals surface area contributed by atoms with E-state index >= 15 is 8.78 Å². The van der Waals surface area contributed by atoms with Crippen LogP contribution in [-0.4, -0.2) is 23.3 Å². The van der Waals surface area contributed by atoms with E-state index in [4.69, 9.17) is 9.72 Å². The fourth-order valence-corrected chi connectivity index (χ4v) is 7.98. The van der Waals surface area contributed by atoms with Crippen LogP contribution in [-0.2, 0) is 6.54 Å². The zero-order valence-corrected chi connectivity index (χ0v) is 27.3. The van der Waals surface area contributed by atoms with Crippen molar-refractivity contribution in [3.05, 3.63) is 156 Å². The standard InChI is InChI=1S/C40H28F5N2OP/c1-48-30-20-12-19-28-27(30)21-22-31(49(2)26-17-10-5-11-18-26)32(28)40-46-38(24-13-6-3-7-14-24)39(25-15-8-4-9-16-25)47(40)23-29-33(41)35(43)37(45)36(44)34(29)42/h3-22H,23H2,1-2H3. The van der Waals surface area contributed by atoms with Gasteiger partial charge < -0.3 is 9.30 Å². The van der Waals surface area contributed by atoms with Crippen molar-refractivity contribution >= 4 is 29.3 Å². The minimum atomic E-state index is -2.21. The van der Waals surface area contributed by atoms with E-state index in [2.05, 4.69) is 6.66 Å². The maximum atomic E-state index is 15.5. The SMILES string of the molecule is COc1cccc2c(-c3nc(-c4ccccc4)c(-c4ccccc4)n3Cc3c(F)c(F)c(F)c(F)c3F)c(P(C)c3ccccc3)ccc12. The number of rotatable bonds is 8. The van der Waals surface area contributed by atoms with Gasteiger partial charge in [0.1, 0.15) is 11.6 Å². The zero-order valence-electron chi connectivity index (χ0n) is 26.4. The number of halogens is 5. The van der Waals surface area contributed by atoms with Crippen molar-refractivity contribution < 1.29 is 26.7 Å².